The minimum Gasteiger partial charge on any atom is -0.493 e. The Labute approximate surface area is 154 Å². The van der Waals surface area contributed by atoms with E-state index in [2.05, 4.69) is 4.74 Å². The maximum Gasteiger partial charge on any atom is 0.573 e. The summed E-state index contributed by atoms with van der Waals surface area (Å²) in [6.45, 7) is 1.16. The lowest BCUT2D eigenvalue weighted by Gasteiger charge is -2.17. The Morgan fingerprint density at radius 2 is 1.61 bits per heavy atom. The van der Waals surface area contributed by atoms with Crippen molar-refractivity contribution in [2.75, 3.05) is 7.11 Å². The van der Waals surface area contributed by atoms with E-state index in [0.717, 1.165) is 32.2 Å². The molecule has 0 aromatic heterocycles. The number of aromatic carboxylic acids is 1. The predicted octanol–water partition coefficient (Wildman–Crippen LogP) is 5.41. The number of aryl methyl sites for hydroxylation is 1. The van der Waals surface area contributed by atoms with Gasteiger partial charge in [0.25, 0.3) is 0 Å². The van der Waals surface area contributed by atoms with Gasteiger partial charge in [-0.25, -0.2) is 4.79 Å². The standard InChI is InChI=1S/C17H12F6O5/c1-8-5-9(16(18,19)20)6-13(14(8)15(24)25)27-11-4-3-10(7-12(11)26-2)28-17(21,22)23/h3-7H,1-2H3,(H,24,25). The summed E-state index contributed by atoms with van der Waals surface area (Å²) < 4.78 is 89.8. The van der Waals surface area contributed by atoms with Crippen molar-refractivity contribution in [1.82, 2.24) is 0 Å². The molecular weight excluding hydrogens is 398 g/mol. The fraction of sp³-hybridized carbons (Fsp3) is 0.235. The molecule has 152 valence electrons. The molecule has 0 aliphatic rings. The van der Waals surface area contributed by atoms with E-state index in [1.165, 1.54) is 0 Å². The van der Waals surface area contributed by atoms with Crippen molar-refractivity contribution in [3.05, 3.63) is 47.0 Å². The molecule has 2 aromatic carbocycles. The Hall–Kier alpha value is -3.11. The molecule has 1 N–H and O–H groups in total. The number of ether oxygens (including phenoxy) is 3. The summed E-state index contributed by atoms with van der Waals surface area (Å²) in [7, 11) is 1.08. The lowest BCUT2D eigenvalue weighted by atomic mass is 10.0. The SMILES string of the molecule is COc1cc(OC(F)(F)F)ccc1Oc1cc(C(F)(F)F)cc(C)c1C(=O)O. The van der Waals surface area contributed by atoms with Gasteiger partial charge in [-0.1, -0.05) is 0 Å². The molecule has 0 spiro atoms. The van der Waals surface area contributed by atoms with Crippen LogP contribution in [0.15, 0.2) is 30.3 Å². The first-order chi connectivity index (χ1) is 12.8. The van der Waals surface area contributed by atoms with Crippen LogP contribution in [0.4, 0.5) is 26.3 Å². The van der Waals surface area contributed by atoms with Crippen LogP contribution in [0.25, 0.3) is 0 Å². The molecule has 0 heterocycles. The van der Waals surface area contributed by atoms with Gasteiger partial charge in [-0.2, -0.15) is 13.2 Å². The number of rotatable bonds is 5. The van der Waals surface area contributed by atoms with E-state index < -0.39 is 41.1 Å². The van der Waals surface area contributed by atoms with E-state index in [9.17, 15) is 36.2 Å². The van der Waals surface area contributed by atoms with Crippen LogP contribution in [0, 0.1) is 6.92 Å². The van der Waals surface area contributed by atoms with Gasteiger partial charge < -0.3 is 19.3 Å². The molecule has 0 saturated carbocycles. The molecule has 2 rings (SSSR count). The number of carbonyl (C=O) groups is 1. The lowest BCUT2D eigenvalue weighted by Crippen LogP contribution is -2.17. The first-order valence-corrected chi connectivity index (χ1v) is 7.38. The van der Waals surface area contributed by atoms with Crippen LogP contribution in [0.3, 0.4) is 0 Å². The molecule has 0 atom stereocenters. The first-order valence-electron chi connectivity index (χ1n) is 7.38. The molecule has 0 aliphatic heterocycles. The minimum atomic E-state index is -4.97. The topological polar surface area (TPSA) is 65.0 Å². The minimum absolute atomic E-state index is 0.215. The van der Waals surface area contributed by atoms with E-state index in [0.29, 0.717) is 12.1 Å². The number of carboxylic acids is 1. The third kappa shape index (κ3) is 4.99. The predicted molar refractivity (Wildman–Crippen MR) is 82.9 cm³/mol. The normalized spacial score (nSPS) is 11.9. The molecule has 0 fully saturated rings. The maximum absolute atomic E-state index is 13.0. The zero-order chi connectivity index (χ0) is 21.3. The zero-order valence-corrected chi connectivity index (χ0v) is 14.2. The van der Waals surface area contributed by atoms with Crippen LogP contribution >= 0.6 is 0 Å². The van der Waals surface area contributed by atoms with Crippen LogP contribution in [0.2, 0.25) is 0 Å². The Morgan fingerprint density at radius 1 is 0.964 bits per heavy atom. The second-order valence-electron chi connectivity index (χ2n) is 5.43. The number of hydrogen-bond acceptors (Lipinski definition) is 4. The third-order valence-corrected chi connectivity index (χ3v) is 3.43. The summed E-state index contributed by atoms with van der Waals surface area (Å²) in [6, 6.07) is 3.71. The van der Waals surface area contributed by atoms with Crippen molar-refractivity contribution in [1.29, 1.82) is 0 Å². The highest BCUT2D eigenvalue weighted by molar-refractivity contribution is 5.93. The number of hydrogen-bond donors (Lipinski definition) is 1. The van der Waals surface area contributed by atoms with Gasteiger partial charge in [0.2, 0.25) is 0 Å². The van der Waals surface area contributed by atoms with Gasteiger partial charge in [0, 0.05) is 6.07 Å². The molecule has 0 unspecified atom stereocenters. The van der Waals surface area contributed by atoms with Crippen LogP contribution in [0.5, 0.6) is 23.0 Å². The number of methoxy groups -OCH3 is 1. The van der Waals surface area contributed by atoms with Gasteiger partial charge in [0.1, 0.15) is 17.1 Å². The summed E-state index contributed by atoms with van der Waals surface area (Å²) in [5.41, 5.74) is -1.90. The zero-order valence-electron chi connectivity index (χ0n) is 14.2. The maximum atomic E-state index is 13.0. The highest BCUT2D eigenvalue weighted by Gasteiger charge is 2.34. The first kappa shape index (κ1) is 21.2. The van der Waals surface area contributed by atoms with Crippen molar-refractivity contribution in [3.63, 3.8) is 0 Å². The fourth-order valence-corrected chi connectivity index (χ4v) is 2.32. The summed E-state index contributed by atoms with van der Waals surface area (Å²) in [6.07, 6.45) is -9.74. The van der Waals surface area contributed by atoms with Crippen LogP contribution in [-0.4, -0.2) is 24.5 Å². The number of alkyl halides is 6. The number of benzene rings is 2. The summed E-state index contributed by atoms with van der Waals surface area (Å²) >= 11 is 0. The molecule has 0 bridgehead atoms. The molecule has 11 heteroatoms. The van der Waals surface area contributed by atoms with Crippen LogP contribution in [-0.2, 0) is 6.18 Å². The highest BCUT2D eigenvalue weighted by atomic mass is 19.4. The molecule has 0 aliphatic carbocycles. The molecule has 0 saturated heterocycles. The van der Waals surface area contributed by atoms with Gasteiger partial charge >= 0.3 is 18.5 Å². The van der Waals surface area contributed by atoms with E-state index >= 15 is 0 Å². The van der Waals surface area contributed by atoms with Gasteiger partial charge in [0.05, 0.1) is 12.7 Å². The van der Waals surface area contributed by atoms with Crippen molar-refractivity contribution >= 4 is 5.97 Å². The van der Waals surface area contributed by atoms with Crippen LogP contribution in [0.1, 0.15) is 21.5 Å². The monoisotopic (exact) mass is 410 g/mol. The summed E-state index contributed by atoms with van der Waals surface area (Å²) in [5.74, 6) is -3.47. The van der Waals surface area contributed by atoms with Gasteiger partial charge in [-0.3, -0.25) is 0 Å². The highest BCUT2D eigenvalue weighted by Crippen LogP contribution is 2.40. The van der Waals surface area contributed by atoms with E-state index in [1.807, 2.05) is 0 Å². The average molecular weight is 410 g/mol. The van der Waals surface area contributed by atoms with E-state index in [1.54, 1.807) is 0 Å². The lowest BCUT2D eigenvalue weighted by molar-refractivity contribution is -0.274. The molecule has 0 amide bonds. The fourth-order valence-electron chi connectivity index (χ4n) is 2.32. The van der Waals surface area contributed by atoms with Crippen LogP contribution < -0.4 is 14.2 Å². The molecule has 2 aromatic rings. The summed E-state index contributed by atoms with van der Waals surface area (Å²) in [5, 5.41) is 9.28. The van der Waals surface area contributed by atoms with Crippen molar-refractivity contribution in [2.24, 2.45) is 0 Å². The summed E-state index contributed by atoms with van der Waals surface area (Å²) in [4.78, 5) is 11.4. The van der Waals surface area contributed by atoms with Gasteiger partial charge in [0.15, 0.2) is 11.5 Å². The average Bonchev–Trinajstić information content (AvgIpc) is 2.53. The van der Waals surface area contributed by atoms with Gasteiger partial charge in [-0.05, 0) is 36.8 Å². The molecule has 0 radical (unpaired) electrons. The van der Waals surface area contributed by atoms with Crippen molar-refractivity contribution < 1.29 is 50.5 Å². The van der Waals surface area contributed by atoms with Crippen molar-refractivity contribution in [2.45, 2.75) is 19.5 Å². The number of halogens is 6. The second-order valence-corrected chi connectivity index (χ2v) is 5.43. The Morgan fingerprint density at radius 3 is 2.11 bits per heavy atom. The van der Waals surface area contributed by atoms with E-state index in [-0.39, 0.29) is 17.1 Å². The Kier molecular flexibility index (Phi) is 5.67. The van der Waals surface area contributed by atoms with E-state index in [4.69, 9.17) is 9.47 Å². The van der Waals surface area contributed by atoms with Gasteiger partial charge in [-0.15, -0.1) is 13.2 Å². The largest absolute Gasteiger partial charge is 0.573 e. The Bertz CT molecular complexity index is 889. The molecule has 5 nitrogen and oxygen atoms in total. The second kappa shape index (κ2) is 7.49. The van der Waals surface area contributed by atoms with Crippen molar-refractivity contribution in [3.8, 4) is 23.0 Å². The Balaban J connectivity index is 2.52. The molecular formula is C17H12F6O5. The quantitative estimate of drug-likeness (QED) is 0.668. The number of carboxylic acid groups (broad SMARTS) is 1. The molecule has 28 heavy (non-hydrogen) atoms. The third-order valence-electron chi connectivity index (χ3n) is 3.43. The smallest absolute Gasteiger partial charge is 0.493 e.